The smallest absolute Gasteiger partial charge is 0.0314 e. The zero-order valence-electron chi connectivity index (χ0n) is 11.4. The topological polar surface area (TPSA) is 12.0 Å². The summed E-state index contributed by atoms with van der Waals surface area (Å²) in [6.07, 6.45) is 2.27. The fraction of sp³-hybridized carbons (Fsp3) is 0.375. The van der Waals surface area contributed by atoms with Crippen molar-refractivity contribution in [1.82, 2.24) is 5.32 Å². The van der Waals surface area contributed by atoms with Crippen molar-refractivity contribution in [3.63, 3.8) is 0 Å². The molecule has 2 rings (SSSR count). The fourth-order valence-electron chi connectivity index (χ4n) is 2.39. The third-order valence-electron chi connectivity index (χ3n) is 3.43. The second-order valence-electron chi connectivity index (χ2n) is 4.95. The summed E-state index contributed by atoms with van der Waals surface area (Å²) in [5.41, 5.74) is 2.87. The number of benzene rings is 1. The van der Waals surface area contributed by atoms with Crippen molar-refractivity contribution in [3.05, 3.63) is 56.2 Å². The van der Waals surface area contributed by atoms with Gasteiger partial charge in [-0.05, 0) is 77.8 Å². The summed E-state index contributed by atoms with van der Waals surface area (Å²) >= 11 is 5.48. The second-order valence-corrected chi connectivity index (χ2v) is 6.81. The lowest BCUT2D eigenvalue weighted by Gasteiger charge is -2.17. The van der Waals surface area contributed by atoms with Crippen LogP contribution in [0.3, 0.4) is 0 Å². The van der Waals surface area contributed by atoms with E-state index in [0.29, 0.717) is 5.92 Å². The fourth-order valence-corrected chi connectivity index (χ4v) is 4.02. The number of aryl methyl sites for hydroxylation is 1. The minimum atomic E-state index is 0.640. The van der Waals surface area contributed by atoms with E-state index in [1.807, 2.05) is 18.4 Å². The highest BCUT2D eigenvalue weighted by molar-refractivity contribution is 9.10. The molecule has 0 bridgehead atoms. The van der Waals surface area contributed by atoms with E-state index in [1.165, 1.54) is 20.5 Å². The first-order chi connectivity index (χ1) is 9.20. The van der Waals surface area contributed by atoms with Gasteiger partial charge in [0.2, 0.25) is 0 Å². The summed E-state index contributed by atoms with van der Waals surface area (Å²) in [6.45, 7) is 3.26. The van der Waals surface area contributed by atoms with E-state index in [9.17, 15) is 0 Å². The number of halogens is 1. The number of rotatable bonds is 6. The zero-order chi connectivity index (χ0) is 13.7. The highest BCUT2D eigenvalue weighted by atomic mass is 79.9. The van der Waals surface area contributed by atoms with Crippen molar-refractivity contribution in [2.24, 2.45) is 5.92 Å². The SMILES string of the molecule is CNCC(Cc1ccccc1C)Cc1sccc1Br. The first-order valence-corrected chi connectivity index (χ1v) is 8.29. The molecule has 0 radical (unpaired) electrons. The van der Waals surface area contributed by atoms with Gasteiger partial charge in [0.05, 0.1) is 0 Å². The molecule has 0 aliphatic heterocycles. The van der Waals surface area contributed by atoms with Crippen molar-refractivity contribution in [1.29, 1.82) is 0 Å². The van der Waals surface area contributed by atoms with Gasteiger partial charge < -0.3 is 5.32 Å². The molecule has 0 saturated carbocycles. The van der Waals surface area contributed by atoms with Crippen LogP contribution >= 0.6 is 27.3 Å². The predicted molar refractivity (Wildman–Crippen MR) is 88.0 cm³/mol. The van der Waals surface area contributed by atoms with Crippen LogP contribution in [0.15, 0.2) is 40.2 Å². The number of thiophene rings is 1. The molecule has 19 heavy (non-hydrogen) atoms. The summed E-state index contributed by atoms with van der Waals surface area (Å²) in [7, 11) is 2.04. The average Bonchev–Trinajstić information content (AvgIpc) is 2.78. The van der Waals surface area contributed by atoms with Crippen LogP contribution in [0.1, 0.15) is 16.0 Å². The van der Waals surface area contributed by atoms with E-state index in [-0.39, 0.29) is 0 Å². The maximum Gasteiger partial charge on any atom is 0.0314 e. The molecular formula is C16H20BrNS. The molecule has 1 aromatic carbocycles. The molecule has 1 nitrogen and oxygen atoms in total. The van der Waals surface area contributed by atoms with Crippen LogP contribution in [0.5, 0.6) is 0 Å². The minimum Gasteiger partial charge on any atom is -0.319 e. The maximum absolute atomic E-state index is 3.64. The van der Waals surface area contributed by atoms with Crippen LogP contribution < -0.4 is 5.32 Å². The van der Waals surface area contributed by atoms with Gasteiger partial charge in [-0.1, -0.05) is 24.3 Å². The Morgan fingerprint density at radius 1 is 1.21 bits per heavy atom. The number of hydrogen-bond acceptors (Lipinski definition) is 2. The van der Waals surface area contributed by atoms with Crippen molar-refractivity contribution in [2.45, 2.75) is 19.8 Å². The molecule has 102 valence electrons. The van der Waals surface area contributed by atoms with E-state index in [4.69, 9.17) is 0 Å². The molecule has 0 aliphatic rings. The molecule has 0 amide bonds. The molecule has 0 spiro atoms. The third-order valence-corrected chi connectivity index (χ3v) is 5.38. The molecule has 1 unspecified atom stereocenters. The molecule has 0 fully saturated rings. The second kappa shape index (κ2) is 7.22. The highest BCUT2D eigenvalue weighted by Crippen LogP contribution is 2.27. The Morgan fingerprint density at radius 3 is 2.63 bits per heavy atom. The Hall–Kier alpha value is -0.640. The molecule has 2 aromatic rings. The Morgan fingerprint density at radius 2 is 2.00 bits per heavy atom. The van der Waals surface area contributed by atoms with Crippen molar-refractivity contribution in [2.75, 3.05) is 13.6 Å². The summed E-state index contributed by atoms with van der Waals surface area (Å²) in [4.78, 5) is 1.45. The Balaban J connectivity index is 2.08. The standard InChI is InChI=1S/C16H20BrNS/c1-12-5-3-4-6-14(12)9-13(11-18-2)10-16-15(17)7-8-19-16/h3-8,13,18H,9-11H2,1-2H3. The summed E-state index contributed by atoms with van der Waals surface area (Å²) in [5.74, 6) is 0.640. The van der Waals surface area contributed by atoms with Gasteiger partial charge in [-0.15, -0.1) is 11.3 Å². The van der Waals surface area contributed by atoms with Gasteiger partial charge in [0.25, 0.3) is 0 Å². The number of nitrogens with one attached hydrogen (secondary N) is 1. The molecular weight excluding hydrogens is 318 g/mol. The van der Waals surface area contributed by atoms with E-state index >= 15 is 0 Å². The molecule has 1 N–H and O–H groups in total. The van der Waals surface area contributed by atoms with Crippen LogP contribution in [-0.2, 0) is 12.8 Å². The lowest BCUT2D eigenvalue weighted by atomic mass is 9.93. The van der Waals surface area contributed by atoms with Crippen LogP contribution in [-0.4, -0.2) is 13.6 Å². The van der Waals surface area contributed by atoms with Gasteiger partial charge >= 0.3 is 0 Å². The first kappa shape index (κ1) is 14.8. The predicted octanol–water partition coefficient (Wildman–Crippen LogP) is 4.44. The molecule has 1 heterocycles. The first-order valence-electron chi connectivity index (χ1n) is 6.61. The van der Waals surface area contributed by atoms with Gasteiger partial charge in [0.1, 0.15) is 0 Å². The van der Waals surface area contributed by atoms with Gasteiger partial charge in [0, 0.05) is 9.35 Å². The van der Waals surface area contributed by atoms with E-state index in [2.05, 4.69) is 63.9 Å². The molecule has 1 aromatic heterocycles. The Kier molecular flexibility index (Phi) is 5.61. The maximum atomic E-state index is 3.64. The molecule has 0 saturated heterocycles. The van der Waals surface area contributed by atoms with Gasteiger partial charge in [-0.3, -0.25) is 0 Å². The van der Waals surface area contributed by atoms with Crippen LogP contribution in [0.2, 0.25) is 0 Å². The van der Waals surface area contributed by atoms with Gasteiger partial charge in [-0.25, -0.2) is 0 Å². The summed E-state index contributed by atoms with van der Waals surface area (Å²) < 4.78 is 1.25. The van der Waals surface area contributed by atoms with E-state index in [0.717, 1.165) is 19.4 Å². The molecule has 3 heteroatoms. The molecule has 1 atom stereocenters. The van der Waals surface area contributed by atoms with Crippen molar-refractivity contribution in [3.8, 4) is 0 Å². The summed E-state index contributed by atoms with van der Waals surface area (Å²) in [6, 6.07) is 10.8. The summed E-state index contributed by atoms with van der Waals surface area (Å²) in [5, 5.41) is 5.49. The number of hydrogen-bond donors (Lipinski definition) is 1. The van der Waals surface area contributed by atoms with Crippen LogP contribution in [0.25, 0.3) is 0 Å². The lowest BCUT2D eigenvalue weighted by Crippen LogP contribution is -2.22. The minimum absolute atomic E-state index is 0.640. The van der Waals surface area contributed by atoms with E-state index in [1.54, 1.807) is 0 Å². The molecule has 0 aliphatic carbocycles. The monoisotopic (exact) mass is 337 g/mol. The quantitative estimate of drug-likeness (QED) is 0.821. The van der Waals surface area contributed by atoms with Crippen LogP contribution in [0.4, 0.5) is 0 Å². The Bertz CT molecular complexity index is 521. The lowest BCUT2D eigenvalue weighted by molar-refractivity contribution is 0.495. The third kappa shape index (κ3) is 4.16. The van der Waals surface area contributed by atoms with Gasteiger partial charge in [0.15, 0.2) is 0 Å². The van der Waals surface area contributed by atoms with E-state index < -0.39 is 0 Å². The largest absolute Gasteiger partial charge is 0.319 e. The average molecular weight is 338 g/mol. The van der Waals surface area contributed by atoms with Crippen LogP contribution in [0, 0.1) is 12.8 Å². The highest BCUT2D eigenvalue weighted by Gasteiger charge is 2.13. The zero-order valence-corrected chi connectivity index (χ0v) is 13.9. The Labute approximate surface area is 128 Å². The normalized spacial score (nSPS) is 12.6. The van der Waals surface area contributed by atoms with Gasteiger partial charge in [-0.2, -0.15) is 0 Å². The van der Waals surface area contributed by atoms with Crippen molar-refractivity contribution >= 4 is 27.3 Å². The van der Waals surface area contributed by atoms with Crippen molar-refractivity contribution < 1.29 is 0 Å².